The van der Waals surface area contributed by atoms with Crippen molar-refractivity contribution >= 4 is 23.4 Å². The molecular formula is C13H11ClS. The molecule has 0 saturated heterocycles. The molecule has 0 aliphatic carbocycles. The van der Waals surface area contributed by atoms with Gasteiger partial charge in [-0.2, -0.15) is 0 Å². The van der Waals surface area contributed by atoms with Crippen LogP contribution in [0.15, 0.2) is 58.3 Å². The molecule has 0 unspecified atom stereocenters. The van der Waals surface area contributed by atoms with Crippen LogP contribution >= 0.6 is 23.4 Å². The molecule has 15 heavy (non-hydrogen) atoms. The molecular weight excluding hydrogens is 224 g/mol. The first kappa shape index (κ1) is 10.6. The third-order valence-electron chi connectivity index (χ3n) is 2.13. The standard InChI is InChI=1S/C13H11ClS/c1-10-6-5-9-12(14)13(10)15-11-7-3-2-4-8-11/h2-9H,1H3. The van der Waals surface area contributed by atoms with Crippen molar-refractivity contribution < 1.29 is 0 Å². The van der Waals surface area contributed by atoms with Crippen LogP contribution in [0.2, 0.25) is 5.02 Å². The highest BCUT2D eigenvalue weighted by molar-refractivity contribution is 7.99. The van der Waals surface area contributed by atoms with Crippen LogP contribution in [0, 0.1) is 6.92 Å². The molecule has 0 fully saturated rings. The van der Waals surface area contributed by atoms with Gasteiger partial charge < -0.3 is 0 Å². The van der Waals surface area contributed by atoms with Crippen molar-refractivity contribution in [1.29, 1.82) is 0 Å². The van der Waals surface area contributed by atoms with E-state index in [1.165, 1.54) is 10.5 Å². The van der Waals surface area contributed by atoms with Crippen LogP contribution in [-0.4, -0.2) is 0 Å². The van der Waals surface area contributed by atoms with Gasteiger partial charge in [-0.25, -0.2) is 0 Å². The highest BCUT2D eigenvalue weighted by Crippen LogP contribution is 2.35. The first-order valence-electron chi connectivity index (χ1n) is 4.75. The summed E-state index contributed by atoms with van der Waals surface area (Å²) in [7, 11) is 0. The fraction of sp³-hybridized carbons (Fsp3) is 0.0769. The maximum atomic E-state index is 6.16. The van der Waals surface area contributed by atoms with Gasteiger partial charge in [0.15, 0.2) is 0 Å². The Morgan fingerprint density at radius 2 is 1.67 bits per heavy atom. The maximum Gasteiger partial charge on any atom is 0.0548 e. The van der Waals surface area contributed by atoms with Gasteiger partial charge in [-0.15, -0.1) is 0 Å². The highest BCUT2D eigenvalue weighted by Gasteiger charge is 2.04. The van der Waals surface area contributed by atoms with E-state index in [2.05, 4.69) is 25.1 Å². The van der Waals surface area contributed by atoms with Crippen molar-refractivity contribution in [2.45, 2.75) is 16.7 Å². The molecule has 2 aromatic carbocycles. The van der Waals surface area contributed by atoms with Gasteiger partial charge in [0.25, 0.3) is 0 Å². The summed E-state index contributed by atoms with van der Waals surface area (Å²) in [4.78, 5) is 2.36. The third kappa shape index (κ3) is 2.55. The Kier molecular flexibility index (Phi) is 3.34. The van der Waals surface area contributed by atoms with Crippen molar-refractivity contribution in [2.24, 2.45) is 0 Å². The van der Waals surface area contributed by atoms with Gasteiger partial charge in [-0.3, -0.25) is 0 Å². The van der Waals surface area contributed by atoms with Crippen LogP contribution in [0.25, 0.3) is 0 Å². The Hall–Kier alpha value is -0.920. The average molecular weight is 235 g/mol. The molecule has 2 aromatic rings. The summed E-state index contributed by atoms with van der Waals surface area (Å²) in [5.74, 6) is 0. The van der Waals surface area contributed by atoms with Crippen molar-refractivity contribution in [1.82, 2.24) is 0 Å². The fourth-order valence-electron chi connectivity index (χ4n) is 1.35. The predicted molar refractivity (Wildman–Crippen MR) is 66.8 cm³/mol. The Bertz CT molecular complexity index is 431. The van der Waals surface area contributed by atoms with E-state index in [0.717, 1.165) is 9.92 Å². The molecule has 0 heterocycles. The van der Waals surface area contributed by atoms with Gasteiger partial charge in [-0.05, 0) is 30.7 Å². The largest absolute Gasteiger partial charge is 0.0883 e. The van der Waals surface area contributed by atoms with E-state index in [9.17, 15) is 0 Å². The summed E-state index contributed by atoms with van der Waals surface area (Å²) in [5.41, 5.74) is 1.22. The van der Waals surface area contributed by atoms with Crippen LogP contribution in [0.1, 0.15) is 5.56 Å². The molecule has 0 nitrogen and oxygen atoms in total. The summed E-state index contributed by atoms with van der Waals surface area (Å²) in [6.45, 7) is 2.08. The van der Waals surface area contributed by atoms with Crippen molar-refractivity contribution in [2.75, 3.05) is 0 Å². The molecule has 76 valence electrons. The van der Waals surface area contributed by atoms with Gasteiger partial charge in [0.2, 0.25) is 0 Å². The number of hydrogen-bond acceptors (Lipinski definition) is 1. The minimum Gasteiger partial charge on any atom is -0.0883 e. The second-order valence-electron chi connectivity index (χ2n) is 3.30. The smallest absolute Gasteiger partial charge is 0.0548 e. The Morgan fingerprint density at radius 1 is 0.933 bits per heavy atom. The summed E-state index contributed by atoms with van der Waals surface area (Å²) < 4.78 is 0. The first-order chi connectivity index (χ1) is 7.27. The molecule has 2 heteroatoms. The van der Waals surface area contributed by atoms with Crippen molar-refractivity contribution in [3.63, 3.8) is 0 Å². The molecule has 0 saturated carbocycles. The van der Waals surface area contributed by atoms with Gasteiger partial charge in [0.05, 0.1) is 5.02 Å². The zero-order valence-corrected chi connectivity index (χ0v) is 9.98. The molecule has 0 radical (unpaired) electrons. The van der Waals surface area contributed by atoms with E-state index in [0.29, 0.717) is 0 Å². The lowest BCUT2D eigenvalue weighted by molar-refractivity contribution is 1.29. The van der Waals surface area contributed by atoms with Gasteiger partial charge in [-0.1, -0.05) is 53.7 Å². The molecule has 0 aliphatic rings. The monoisotopic (exact) mass is 234 g/mol. The van der Waals surface area contributed by atoms with E-state index < -0.39 is 0 Å². The average Bonchev–Trinajstić information content (AvgIpc) is 2.25. The predicted octanol–water partition coefficient (Wildman–Crippen LogP) is 4.80. The number of benzene rings is 2. The lowest BCUT2D eigenvalue weighted by Crippen LogP contribution is -1.80. The lowest BCUT2D eigenvalue weighted by atomic mass is 10.2. The van der Waals surface area contributed by atoms with E-state index in [1.807, 2.05) is 30.3 Å². The SMILES string of the molecule is Cc1cccc(Cl)c1Sc1ccccc1. The van der Waals surface area contributed by atoms with E-state index in [1.54, 1.807) is 11.8 Å². The van der Waals surface area contributed by atoms with Crippen LogP contribution in [0.4, 0.5) is 0 Å². The highest BCUT2D eigenvalue weighted by atomic mass is 35.5. The Balaban J connectivity index is 2.32. The number of rotatable bonds is 2. The second kappa shape index (κ2) is 4.73. The molecule has 0 spiro atoms. The van der Waals surface area contributed by atoms with E-state index >= 15 is 0 Å². The minimum atomic E-state index is 0.823. The molecule has 0 bridgehead atoms. The Morgan fingerprint density at radius 3 is 2.33 bits per heavy atom. The van der Waals surface area contributed by atoms with Gasteiger partial charge in [0, 0.05) is 9.79 Å². The minimum absolute atomic E-state index is 0.823. The number of halogens is 1. The second-order valence-corrected chi connectivity index (χ2v) is 4.79. The van der Waals surface area contributed by atoms with Crippen LogP contribution in [0.3, 0.4) is 0 Å². The summed E-state index contributed by atoms with van der Waals surface area (Å²) in [6, 6.07) is 16.3. The van der Waals surface area contributed by atoms with Gasteiger partial charge in [0.1, 0.15) is 0 Å². The molecule has 0 aromatic heterocycles. The number of hydrogen-bond donors (Lipinski definition) is 0. The van der Waals surface area contributed by atoms with E-state index in [4.69, 9.17) is 11.6 Å². The van der Waals surface area contributed by atoms with Crippen molar-refractivity contribution in [3.05, 3.63) is 59.1 Å². The Labute approximate surface area is 99.3 Å². The molecule has 0 aliphatic heterocycles. The summed E-state index contributed by atoms with van der Waals surface area (Å²) >= 11 is 7.87. The zero-order valence-electron chi connectivity index (χ0n) is 8.41. The lowest BCUT2D eigenvalue weighted by Gasteiger charge is -2.07. The third-order valence-corrected chi connectivity index (χ3v) is 3.81. The summed E-state index contributed by atoms with van der Waals surface area (Å²) in [6.07, 6.45) is 0. The topological polar surface area (TPSA) is 0 Å². The molecule has 0 atom stereocenters. The van der Waals surface area contributed by atoms with Crippen LogP contribution in [0.5, 0.6) is 0 Å². The quantitative estimate of drug-likeness (QED) is 0.719. The zero-order chi connectivity index (χ0) is 10.7. The number of aryl methyl sites for hydroxylation is 1. The fourth-order valence-corrected chi connectivity index (χ4v) is 2.61. The normalized spacial score (nSPS) is 10.3. The van der Waals surface area contributed by atoms with Crippen LogP contribution in [-0.2, 0) is 0 Å². The molecule has 0 amide bonds. The molecule has 0 N–H and O–H groups in total. The molecule has 2 rings (SSSR count). The van der Waals surface area contributed by atoms with Crippen LogP contribution < -0.4 is 0 Å². The van der Waals surface area contributed by atoms with Crippen molar-refractivity contribution in [3.8, 4) is 0 Å². The van der Waals surface area contributed by atoms with Gasteiger partial charge >= 0.3 is 0 Å². The summed E-state index contributed by atoms with van der Waals surface area (Å²) in [5, 5.41) is 0.823. The first-order valence-corrected chi connectivity index (χ1v) is 5.95. The maximum absolute atomic E-state index is 6.16. The van der Waals surface area contributed by atoms with E-state index in [-0.39, 0.29) is 0 Å².